The van der Waals surface area contributed by atoms with Crippen LogP contribution in [0.2, 0.25) is 0 Å². The van der Waals surface area contributed by atoms with E-state index in [1.165, 1.54) is 13.0 Å². The minimum atomic E-state index is -0.792. The standard InChI is InChI=1S/C22H27N3O4/c1-4-29-21(28)22(13-17-9-6-5-8-15(17)2)10-7-11-25(14-22)20(27)19-12-18(16(3)26)23-24-19/h5-6,8-9,12H,4,7,10-11,13-14H2,1-3H3,(H,23,24)/t22-/m1/s1. The molecule has 29 heavy (non-hydrogen) atoms. The van der Waals surface area contributed by atoms with Crippen molar-refractivity contribution in [1.29, 1.82) is 0 Å². The molecule has 154 valence electrons. The molecular formula is C22H27N3O4. The van der Waals surface area contributed by atoms with Gasteiger partial charge >= 0.3 is 5.97 Å². The highest BCUT2D eigenvalue weighted by Crippen LogP contribution is 2.36. The first-order valence-electron chi connectivity index (χ1n) is 9.93. The number of ether oxygens (including phenoxy) is 1. The third kappa shape index (κ3) is 4.39. The van der Waals surface area contributed by atoms with E-state index in [4.69, 9.17) is 4.74 Å². The van der Waals surface area contributed by atoms with Crippen LogP contribution < -0.4 is 0 Å². The Morgan fingerprint density at radius 1 is 1.28 bits per heavy atom. The van der Waals surface area contributed by atoms with Crippen molar-refractivity contribution in [1.82, 2.24) is 15.1 Å². The van der Waals surface area contributed by atoms with Crippen molar-refractivity contribution < 1.29 is 19.1 Å². The van der Waals surface area contributed by atoms with Crippen LogP contribution in [0.4, 0.5) is 0 Å². The Morgan fingerprint density at radius 2 is 2.03 bits per heavy atom. The van der Waals surface area contributed by atoms with Crippen molar-refractivity contribution >= 4 is 17.7 Å². The summed E-state index contributed by atoms with van der Waals surface area (Å²) in [5.41, 5.74) is 1.88. The number of hydrogen-bond acceptors (Lipinski definition) is 5. The van der Waals surface area contributed by atoms with Gasteiger partial charge in [0.2, 0.25) is 0 Å². The predicted molar refractivity (Wildman–Crippen MR) is 108 cm³/mol. The normalized spacial score (nSPS) is 19.1. The first-order chi connectivity index (χ1) is 13.9. The maximum absolute atomic E-state index is 13.0. The minimum absolute atomic E-state index is 0.209. The molecule has 1 atom stereocenters. The van der Waals surface area contributed by atoms with Crippen molar-refractivity contribution in [3.8, 4) is 0 Å². The number of rotatable bonds is 6. The van der Waals surface area contributed by atoms with Crippen LogP contribution in [0.15, 0.2) is 30.3 Å². The average molecular weight is 397 g/mol. The maximum Gasteiger partial charge on any atom is 0.314 e. The number of esters is 1. The lowest BCUT2D eigenvalue weighted by atomic mass is 9.74. The summed E-state index contributed by atoms with van der Waals surface area (Å²) in [6, 6.07) is 9.43. The summed E-state index contributed by atoms with van der Waals surface area (Å²) < 4.78 is 5.42. The number of hydrogen-bond donors (Lipinski definition) is 1. The third-order valence-corrected chi connectivity index (χ3v) is 5.53. The van der Waals surface area contributed by atoms with Crippen molar-refractivity contribution in [3.63, 3.8) is 0 Å². The molecule has 1 fully saturated rings. The van der Waals surface area contributed by atoms with Gasteiger partial charge in [-0.3, -0.25) is 19.5 Å². The highest BCUT2D eigenvalue weighted by atomic mass is 16.5. The smallest absolute Gasteiger partial charge is 0.314 e. The fourth-order valence-electron chi connectivity index (χ4n) is 3.93. The van der Waals surface area contributed by atoms with Gasteiger partial charge in [-0.2, -0.15) is 5.10 Å². The average Bonchev–Trinajstić information content (AvgIpc) is 3.20. The number of aryl methyl sites for hydroxylation is 1. The molecule has 2 heterocycles. The van der Waals surface area contributed by atoms with Crippen LogP contribution in [-0.2, 0) is 16.0 Å². The van der Waals surface area contributed by atoms with E-state index >= 15 is 0 Å². The Balaban J connectivity index is 1.88. The summed E-state index contributed by atoms with van der Waals surface area (Å²) in [4.78, 5) is 39.2. The molecule has 1 aliphatic rings. The molecule has 2 aromatic rings. The molecule has 0 unspecified atom stereocenters. The number of nitrogens with zero attached hydrogens (tertiary/aromatic N) is 2. The molecule has 0 saturated carbocycles. The molecule has 0 spiro atoms. The molecule has 1 saturated heterocycles. The molecule has 3 rings (SSSR count). The zero-order valence-corrected chi connectivity index (χ0v) is 17.2. The maximum atomic E-state index is 13.0. The lowest BCUT2D eigenvalue weighted by Gasteiger charge is -2.41. The van der Waals surface area contributed by atoms with E-state index in [9.17, 15) is 14.4 Å². The van der Waals surface area contributed by atoms with Gasteiger partial charge in [0.05, 0.1) is 12.0 Å². The molecule has 1 aromatic carbocycles. The second kappa shape index (κ2) is 8.59. The second-order valence-electron chi connectivity index (χ2n) is 7.66. The number of Topliss-reactive ketones (excluding diaryl/α,β-unsaturated/α-hetero) is 1. The van der Waals surface area contributed by atoms with Crippen molar-refractivity contribution in [3.05, 3.63) is 52.8 Å². The van der Waals surface area contributed by atoms with Gasteiger partial charge in [-0.25, -0.2) is 0 Å². The number of carbonyl (C=O) groups is 3. The number of aromatic amines is 1. The Bertz CT molecular complexity index is 920. The molecule has 7 nitrogen and oxygen atoms in total. The SMILES string of the molecule is CCOC(=O)[C@@]1(Cc2ccccc2C)CCCN(C(=O)c2cc(C(C)=O)n[nH]2)C1. The van der Waals surface area contributed by atoms with Gasteiger partial charge in [0.15, 0.2) is 5.78 Å². The molecule has 1 amide bonds. The van der Waals surface area contributed by atoms with E-state index in [-0.39, 0.29) is 35.6 Å². The van der Waals surface area contributed by atoms with Gasteiger partial charge < -0.3 is 9.64 Å². The van der Waals surface area contributed by atoms with E-state index in [0.717, 1.165) is 11.1 Å². The van der Waals surface area contributed by atoms with Gasteiger partial charge in [0.25, 0.3) is 5.91 Å². The quantitative estimate of drug-likeness (QED) is 0.598. The monoisotopic (exact) mass is 397 g/mol. The Morgan fingerprint density at radius 3 is 2.69 bits per heavy atom. The van der Waals surface area contributed by atoms with E-state index < -0.39 is 5.41 Å². The van der Waals surface area contributed by atoms with Gasteiger partial charge in [-0.05, 0) is 50.3 Å². The third-order valence-electron chi connectivity index (χ3n) is 5.53. The Kier molecular flexibility index (Phi) is 6.15. The molecule has 7 heteroatoms. The highest BCUT2D eigenvalue weighted by molar-refractivity contribution is 5.97. The summed E-state index contributed by atoms with van der Waals surface area (Å²) in [5.74, 6) is -0.739. The van der Waals surface area contributed by atoms with Crippen LogP contribution >= 0.6 is 0 Å². The number of H-pyrrole nitrogens is 1. The molecule has 0 bridgehead atoms. The first kappa shape index (κ1) is 20.8. The summed E-state index contributed by atoms with van der Waals surface area (Å²) in [6.07, 6.45) is 1.87. The molecule has 1 aliphatic heterocycles. The van der Waals surface area contributed by atoms with Crippen LogP contribution in [-0.4, -0.2) is 52.5 Å². The van der Waals surface area contributed by atoms with Crippen LogP contribution in [0.25, 0.3) is 0 Å². The fraction of sp³-hybridized carbons (Fsp3) is 0.455. The zero-order chi connectivity index (χ0) is 21.0. The Hall–Kier alpha value is -2.96. The summed E-state index contributed by atoms with van der Waals surface area (Å²) in [7, 11) is 0. The zero-order valence-electron chi connectivity index (χ0n) is 17.2. The van der Waals surface area contributed by atoms with Crippen molar-refractivity contribution in [2.75, 3.05) is 19.7 Å². The lowest BCUT2D eigenvalue weighted by molar-refractivity contribution is -0.158. The number of amides is 1. The van der Waals surface area contributed by atoms with Crippen molar-refractivity contribution in [2.24, 2.45) is 5.41 Å². The van der Waals surface area contributed by atoms with E-state index in [0.29, 0.717) is 32.4 Å². The number of benzene rings is 1. The number of ketones is 1. The van der Waals surface area contributed by atoms with E-state index in [1.54, 1.807) is 11.8 Å². The van der Waals surface area contributed by atoms with Crippen LogP contribution in [0.3, 0.4) is 0 Å². The molecular weight excluding hydrogens is 370 g/mol. The summed E-state index contributed by atoms with van der Waals surface area (Å²) in [5, 5.41) is 6.54. The number of carbonyl (C=O) groups excluding carboxylic acids is 3. The van der Waals surface area contributed by atoms with Crippen LogP contribution in [0.5, 0.6) is 0 Å². The van der Waals surface area contributed by atoms with Gasteiger partial charge in [-0.1, -0.05) is 24.3 Å². The second-order valence-corrected chi connectivity index (χ2v) is 7.66. The first-order valence-corrected chi connectivity index (χ1v) is 9.93. The lowest BCUT2D eigenvalue weighted by Crippen LogP contribution is -2.51. The van der Waals surface area contributed by atoms with E-state index in [2.05, 4.69) is 10.2 Å². The molecule has 0 radical (unpaired) electrons. The van der Waals surface area contributed by atoms with E-state index in [1.807, 2.05) is 31.2 Å². The van der Waals surface area contributed by atoms with Gasteiger partial charge in [0, 0.05) is 20.0 Å². The number of likely N-dealkylation sites (tertiary alicyclic amines) is 1. The molecule has 0 aliphatic carbocycles. The summed E-state index contributed by atoms with van der Waals surface area (Å²) >= 11 is 0. The van der Waals surface area contributed by atoms with Crippen LogP contribution in [0.1, 0.15) is 58.8 Å². The van der Waals surface area contributed by atoms with Crippen molar-refractivity contribution in [2.45, 2.75) is 40.0 Å². The minimum Gasteiger partial charge on any atom is -0.466 e. The molecule has 1 N–H and O–H groups in total. The predicted octanol–water partition coefficient (Wildman–Crippen LogP) is 2.95. The number of nitrogens with one attached hydrogen (secondary N) is 1. The number of aromatic nitrogens is 2. The van der Waals surface area contributed by atoms with Crippen LogP contribution in [0, 0.1) is 12.3 Å². The fourth-order valence-corrected chi connectivity index (χ4v) is 3.93. The highest BCUT2D eigenvalue weighted by Gasteiger charge is 2.45. The summed E-state index contributed by atoms with van der Waals surface area (Å²) in [6.45, 7) is 6.33. The topological polar surface area (TPSA) is 92.4 Å². The Labute approximate surface area is 170 Å². The molecule has 1 aromatic heterocycles. The number of piperidine rings is 1. The largest absolute Gasteiger partial charge is 0.466 e. The van der Waals surface area contributed by atoms with Gasteiger partial charge in [0.1, 0.15) is 11.4 Å². The van der Waals surface area contributed by atoms with Gasteiger partial charge in [-0.15, -0.1) is 0 Å².